The van der Waals surface area contributed by atoms with Crippen LogP contribution in [-0.4, -0.2) is 11.5 Å². The molecule has 94 valence electrons. The van der Waals surface area contributed by atoms with Gasteiger partial charge in [-0.1, -0.05) is 25.1 Å². The lowest BCUT2D eigenvalue weighted by molar-refractivity contribution is 0.675. The minimum Gasteiger partial charge on any atom is -0.313 e. The first kappa shape index (κ1) is 12.8. The Morgan fingerprint density at radius 2 is 2.00 bits per heavy atom. The quantitative estimate of drug-likeness (QED) is 0.808. The lowest BCUT2D eigenvalue weighted by atomic mass is 10.0. The van der Waals surface area contributed by atoms with E-state index in [0.717, 1.165) is 13.1 Å². The van der Waals surface area contributed by atoms with Gasteiger partial charge in [-0.05, 0) is 48.7 Å². The van der Waals surface area contributed by atoms with Gasteiger partial charge in [0.2, 0.25) is 0 Å². The second-order valence-electron chi connectivity index (χ2n) is 4.63. The third kappa shape index (κ3) is 3.41. The van der Waals surface area contributed by atoms with Gasteiger partial charge in [0.05, 0.1) is 0 Å². The molecule has 2 nitrogen and oxygen atoms in total. The molecule has 0 saturated heterocycles. The SMILES string of the molecule is CCCNCc1cccc(-c2cncc(C)c2)c1. The zero-order chi connectivity index (χ0) is 12.8. The number of nitrogens with one attached hydrogen (secondary N) is 1. The summed E-state index contributed by atoms with van der Waals surface area (Å²) >= 11 is 0. The minimum absolute atomic E-state index is 0.931. The van der Waals surface area contributed by atoms with E-state index in [2.05, 4.69) is 54.5 Å². The Balaban J connectivity index is 2.16. The van der Waals surface area contributed by atoms with E-state index in [9.17, 15) is 0 Å². The van der Waals surface area contributed by atoms with Crippen molar-refractivity contribution < 1.29 is 0 Å². The molecule has 0 saturated carbocycles. The molecule has 0 aliphatic carbocycles. The third-order valence-electron chi connectivity index (χ3n) is 2.89. The average Bonchev–Trinajstić information content (AvgIpc) is 2.39. The molecule has 0 aliphatic rings. The van der Waals surface area contributed by atoms with Crippen LogP contribution in [0.4, 0.5) is 0 Å². The van der Waals surface area contributed by atoms with Gasteiger partial charge in [0.25, 0.3) is 0 Å². The largest absolute Gasteiger partial charge is 0.313 e. The van der Waals surface area contributed by atoms with Gasteiger partial charge in [0.15, 0.2) is 0 Å². The lowest BCUT2D eigenvalue weighted by Gasteiger charge is -2.07. The normalized spacial score (nSPS) is 10.6. The number of hydrogen-bond donors (Lipinski definition) is 1. The summed E-state index contributed by atoms with van der Waals surface area (Å²) in [5.41, 5.74) is 4.94. The summed E-state index contributed by atoms with van der Waals surface area (Å²) in [6.07, 6.45) is 4.98. The predicted octanol–water partition coefficient (Wildman–Crippen LogP) is 3.56. The minimum atomic E-state index is 0.931. The highest BCUT2D eigenvalue weighted by molar-refractivity contribution is 5.63. The summed E-state index contributed by atoms with van der Waals surface area (Å²) in [7, 11) is 0. The Hall–Kier alpha value is -1.67. The molecule has 1 heterocycles. The van der Waals surface area contributed by atoms with Crippen molar-refractivity contribution in [3.05, 3.63) is 53.9 Å². The molecule has 1 aromatic carbocycles. The van der Waals surface area contributed by atoms with Crippen LogP contribution in [0.25, 0.3) is 11.1 Å². The second kappa shape index (κ2) is 6.31. The average molecular weight is 240 g/mol. The van der Waals surface area contributed by atoms with Crippen LogP contribution in [0.2, 0.25) is 0 Å². The molecular formula is C16H20N2. The number of aryl methyl sites for hydroxylation is 1. The van der Waals surface area contributed by atoms with Crippen LogP contribution in [-0.2, 0) is 6.54 Å². The van der Waals surface area contributed by atoms with Crippen molar-refractivity contribution in [1.29, 1.82) is 0 Å². The van der Waals surface area contributed by atoms with Crippen LogP contribution >= 0.6 is 0 Å². The first-order valence-electron chi connectivity index (χ1n) is 6.51. The van der Waals surface area contributed by atoms with E-state index >= 15 is 0 Å². The van der Waals surface area contributed by atoms with Crippen molar-refractivity contribution in [2.24, 2.45) is 0 Å². The molecule has 0 fully saturated rings. The van der Waals surface area contributed by atoms with Gasteiger partial charge in [-0.25, -0.2) is 0 Å². The van der Waals surface area contributed by atoms with Crippen LogP contribution < -0.4 is 5.32 Å². The molecule has 2 aromatic rings. The Morgan fingerprint density at radius 1 is 1.11 bits per heavy atom. The van der Waals surface area contributed by atoms with E-state index in [0.29, 0.717) is 0 Å². The molecule has 2 heteroatoms. The molecule has 0 amide bonds. The van der Waals surface area contributed by atoms with Gasteiger partial charge < -0.3 is 5.32 Å². The van der Waals surface area contributed by atoms with E-state index in [-0.39, 0.29) is 0 Å². The lowest BCUT2D eigenvalue weighted by Crippen LogP contribution is -2.13. The maximum absolute atomic E-state index is 4.25. The van der Waals surface area contributed by atoms with Gasteiger partial charge in [-0.2, -0.15) is 0 Å². The molecule has 1 N–H and O–H groups in total. The van der Waals surface area contributed by atoms with E-state index in [1.807, 2.05) is 12.4 Å². The molecule has 2 rings (SSSR count). The van der Waals surface area contributed by atoms with Gasteiger partial charge in [0, 0.05) is 24.5 Å². The van der Waals surface area contributed by atoms with Crippen molar-refractivity contribution in [2.45, 2.75) is 26.8 Å². The van der Waals surface area contributed by atoms with E-state index in [1.165, 1.54) is 28.7 Å². The zero-order valence-electron chi connectivity index (χ0n) is 11.1. The number of pyridine rings is 1. The first-order chi connectivity index (χ1) is 8.79. The highest BCUT2D eigenvalue weighted by Gasteiger charge is 2.00. The van der Waals surface area contributed by atoms with Gasteiger partial charge in [0.1, 0.15) is 0 Å². The summed E-state index contributed by atoms with van der Waals surface area (Å²) < 4.78 is 0. The summed E-state index contributed by atoms with van der Waals surface area (Å²) in [6, 6.07) is 10.8. The second-order valence-corrected chi connectivity index (χ2v) is 4.63. The first-order valence-corrected chi connectivity index (χ1v) is 6.51. The summed E-state index contributed by atoms with van der Waals surface area (Å²) in [5, 5.41) is 3.43. The molecule has 0 aliphatic heterocycles. The Labute approximate surface area is 109 Å². The van der Waals surface area contributed by atoms with Crippen LogP contribution in [0, 0.1) is 6.92 Å². The van der Waals surface area contributed by atoms with Crippen molar-refractivity contribution in [1.82, 2.24) is 10.3 Å². The summed E-state index contributed by atoms with van der Waals surface area (Å²) in [5.74, 6) is 0. The molecule has 0 radical (unpaired) electrons. The Bertz CT molecular complexity index is 506. The maximum Gasteiger partial charge on any atom is 0.0346 e. The highest BCUT2D eigenvalue weighted by atomic mass is 14.8. The van der Waals surface area contributed by atoms with Gasteiger partial charge in [-0.3, -0.25) is 4.98 Å². The van der Waals surface area contributed by atoms with E-state index < -0.39 is 0 Å². The van der Waals surface area contributed by atoms with Crippen LogP contribution in [0.1, 0.15) is 24.5 Å². The van der Waals surface area contributed by atoms with E-state index in [1.54, 1.807) is 0 Å². The van der Waals surface area contributed by atoms with Gasteiger partial charge in [-0.15, -0.1) is 0 Å². The predicted molar refractivity (Wildman–Crippen MR) is 76.4 cm³/mol. The van der Waals surface area contributed by atoms with Crippen molar-refractivity contribution in [3.8, 4) is 11.1 Å². The zero-order valence-corrected chi connectivity index (χ0v) is 11.1. The number of rotatable bonds is 5. The van der Waals surface area contributed by atoms with Gasteiger partial charge >= 0.3 is 0 Å². The maximum atomic E-state index is 4.25. The molecular weight excluding hydrogens is 220 g/mol. The van der Waals surface area contributed by atoms with Crippen LogP contribution in [0.3, 0.4) is 0 Å². The molecule has 18 heavy (non-hydrogen) atoms. The Morgan fingerprint density at radius 3 is 2.78 bits per heavy atom. The summed E-state index contributed by atoms with van der Waals surface area (Å²) in [6.45, 7) is 6.25. The molecule has 0 atom stereocenters. The molecule has 0 spiro atoms. The smallest absolute Gasteiger partial charge is 0.0346 e. The molecule has 1 aromatic heterocycles. The Kier molecular flexibility index (Phi) is 4.48. The molecule has 0 bridgehead atoms. The van der Waals surface area contributed by atoms with Crippen molar-refractivity contribution in [2.75, 3.05) is 6.54 Å². The monoisotopic (exact) mass is 240 g/mol. The van der Waals surface area contributed by atoms with Crippen LogP contribution in [0.5, 0.6) is 0 Å². The van der Waals surface area contributed by atoms with Crippen molar-refractivity contribution >= 4 is 0 Å². The summed E-state index contributed by atoms with van der Waals surface area (Å²) in [4.78, 5) is 4.25. The fraction of sp³-hybridized carbons (Fsp3) is 0.312. The van der Waals surface area contributed by atoms with Crippen molar-refractivity contribution in [3.63, 3.8) is 0 Å². The number of nitrogens with zero attached hydrogens (tertiary/aromatic N) is 1. The highest BCUT2D eigenvalue weighted by Crippen LogP contribution is 2.20. The molecule has 0 unspecified atom stereocenters. The number of aromatic nitrogens is 1. The topological polar surface area (TPSA) is 24.9 Å². The fourth-order valence-electron chi connectivity index (χ4n) is 1.98. The number of hydrogen-bond acceptors (Lipinski definition) is 2. The fourth-order valence-corrected chi connectivity index (χ4v) is 1.98. The van der Waals surface area contributed by atoms with Crippen LogP contribution in [0.15, 0.2) is 42.7 Å². The standard InChI is InChI=1S/C16H20N2/c1-3-7-17-11-14-5-4-6-15(9-14)16-8-13(2)10-18-12-16/h4-6,8-10,12,17H,3,7,11H2,1-2H3. The third-order valence-corrected chi connectivity index (χ3v) is 2.89. The van der Waals surface area contributed by atoms with E-state index in [4.69, 9.17) is 0 Å². The number of benzene rings is 1.